The van der Waals surface area contributed by atoms with Crippen LogP contribution in [0.2, 0.25) is 0 Å². The second kappa shape index (κ2) is 13.7. The summed E-state index contributed by atoms with van der Waals surface area (Å²) in [6, 6.07) is 25.9. The van der Waals surface area contributed by atoms with Gasteiger partial charge in [0.1, 0.15) is 0 Å². The Balaban J connectivity index is 0.00000231. The van der Waals surface area contributed by atoms with Crippen molar-refractivity contribution in [3.63, 3.8) is 0 Å². The molecule has 0 amide bonds. The van der Waals surface area contributed by atoms with Gasteiger partial charge in [-0.2, -0.15) is 0 Å². The number of benzene rings is 4. The van der Waals surface area contributed by atoms with Crippen molar-refractivity contribution in [1.29, 1.82) is 0 Å². The quantitative estimate of drug-likeness (QED) is 0.138. The van der Waals surface area contributed by atoms with Gasteiger partial charge in [0.2, 0.25) is 0 Å². The number of rotatable bonds is 0. The predicted octanol–water partition coefficient (Wildman–Crippen LogP) is 11.2. The van der Waals surface area contributed by atoms with Crippen LogP contribution in [0.25, 0.3) is 89.7 Å². The Bertz CT molecular complexity index is 2780. The fraction of sp³-hybridized carbons (Fsp3) is 0.333. The van der Waals surface area contributed by atoms with Crippen molar-refractivity contribution in [2.24, 2.45) is 0 Å². The maximum atomic E-state index is 8.25. The predicted molar refractivity (Wildman–Crippen MR) is 229 cm³/mol. The third-order valence-electron chi connectivity index (χ3n) is 11.2. The first-order valence-electron chi connectivity index (χ1n) is 19.7. The van der Waals surface area contributed by atoms with Crippen LogP contribution in [0, 0.1) is 0 Å². The van der Waals surface area contributed by atoms with Gasteiger partial charge in [0.05, 0.1) is 23.3 Å². The van der Waals surface area contributed by atoms with E-state index in [9.17, 15) is 0 Å². The topological polar surface area (TPSA) is 123 Å². The molecule has 5 heterocycles. The summed E-state index contributed by atoms with van der Waals surface area (Å²) >= 11 is 0.750. The van der Waals surface area contributed by atoms with Gasteiger partial charge in [-0.15, -0.1) is 0 Å². The van der Waals surface area contributed by atoms with Gasteiger partial charge in [-0.25, -0.2) is 9.97 Å². The van der Waals surface area contributed by atoms with Gasteiger partial charge in [-0.1, -0.05) is 132 Å². The van der Waals surface area contributed by atoms with E-state index in [0.29, 0.717) is 45.9 Å². The van der Waals surface area contributed by atoms with Gasteiger partial charge in [-0.05, 0) is 89.7 Å². The molecule has 0 atom stereocenters. The Morgan fingerprint density at radius 2 is 0.621 bits per heavy atom. The Morgan fingerprint density at radius 3 is 0.948 bits per heavy atom. The van der Waals surface area contributed by atoms with Crippen molar-refractivity contribution in [3.8, 4) is 45.6 Å². The summed E-state index contributed by atoms with van der Waals surface area (Å²) in [5, 5.41) is 3.64. The van der Waals surface area contributed by atoms with Crippen LogP contribution in [0.15, 0.2) is 72.8 Å². The van der Waals surface area contributed by atoms with Crippen molar-refractivity contribution in [2.45, 2.75) is 105 Å². The molecule has 0 spiro atoms. The molecule has 0 N–H and O–H groups in total. The molecule has 0 fully saturated rings. The van der Waals surface area contributed by atoms with Crippen molar-refractivity contribution >= 4 is 44.1 Å². The van der Waals surface area contributed by atoms with Crippen LogP contribution in [0.3, 0.4) is 0 Å². The normalized spacial score (nSPS) is 13.0. The molecule has 0 aliphatic carbocycles. The molecule has 0 radical (unpaired) electrons. The first kappa shape index (κ1) is 39.6. The van der Waals surface area contributed by atoms with E-state index in [2.05, 4.69) is 156 Å². The van der Waals surface area contributed by atoms with E-state index in [0.717, 1.165) is 64.2 Å². The summed E-state index contributed by atoms with van der Waals surface area (Å²) in [6.45, 7) is 26.6. The van der Waals surface area contributed by atoms with Crippen LogP contribution in [0.5, 0.6) is 0 Å². The maximum absolute atomic E-state index is 8.25. The molecule has 4 aromatic carbocycles. The van der Waals surface area contributed by atoms with Gasteiger partial charge < -0.3 is 29.9 Å². The molecule has 9 nitrogen and oxygen atoms in total. The zero-order valence-electron chi connectivity index (χ0n) is 35.4. The Morgan fingerprint density at radius 1 is 0.345 bits per heavy atom. The zero-order valence-corrected chi connectivity index (χ0v) is 37.0. The van der Waals surface area contributed by atoms with Crippen molar-refractivity contribution in [2.75, 3.05) is 0 Å². The second-order valence-electron chi connectivity index (χ2n) is 19.5. The van der Waals surface area contributed by atoms with Gasteiger partial charge in [-0.3, -0.25) is 0 Å². The monoisotopic (exact) mass is 800 g/mol. The minimum atomic E-state index is -0.0826. The molecule has 2 aliphatic rings. The average molecular weight is 801 g/mol. The summed E-state index contributed by atoms with van der Waals surface area (Å²) in [4.78, 5) is 41.6. The SMILES string of the molecule is CC(C)(C)c1ccc2c(c1)-c1nc-2nc2[n-]c(nc3nc(nc4[n-]c(n1)c1ccc(C(C)(C)C)cc41)-c1ccc(C(C)(C)C)cc1-3)c1ccc(C(C)(C)C)cc21.[O]=[Ti+2]. The van der Waals surface area contributed by atoms with Crippen LogP contribution < -0.4 is 9.97 Å². The summed E-state index contributed by atoms with van der Waals surface area (Å²) in [6.07, 6.45) is 0. The first-order chi connectivity index (χ1) is 27.2. The van der Waals surface area contributed by atoms with Crippen molar-refractivity contribution < 1.29 is 23.7 Å². The van der Waals surface area contributed by atoms with E-state index in [1.165, 1.54) is 22.3 Å². The van der Waals surface area contributed by atoms with Crippen LogP contribution in [0.1, 0.15) is 105 Å². The van der Waals surface area contributed by atoms with Crippen LogP contribution in [0.4, 0.5) is 0 Å². The fourth-order valence-corrected chi connectivity index (χ4v) is 7.53. The number of hydrogen-bond acceptors (Lipinski definition) is 7. The van der Waals surface area contributed by atoms with Crippen LogP contribution in [-0.4, -0.2) is 29.9 Å². The van der Waals surface area contributed by atoms with E-state index in [1.54, 1.807) is 0 Å². The number of nitrogens with zero attached hydrogens (tertiary/aromatic N) is 8. The molecule has 0 saturated heterocycles. The van der Waals surface area contributed by atoms with E-state index < -0.39 is 0 Å². The first-order valence-corrected chi connectivity index (χ1v) is 20.4. The van der Waals surface area contributed by atoms with Gasteiger partial charge in [0.25, 0.3) is 0 Å². The average Bonchev–Trinajstić information content (AvgIpc) is 3.88. The fourth-order valence-electron chi connectivity index (χ4n) is 7.53. The number of aromatic nitrogens is 8. The molecule has 10 heteroatoms. The molecule has 2 aliphatic heterocycles. The van der Waals surface area contributed by atoms with E-state index in [4.69, 9.17) is 43.2 Å². The Labute approximate surface area is 351 Å². The molecule has 7 aromatic rings. The van der Waals surface area contributed by atoms with E-state index >= 15 is 0 Å². The molecule has 58 heavy (non-hydrogen) atoms. The summed E-state index contributed by atoms with van der Waals surface area (Å²) in [5.41, 5.74) is 10.3. The number of fused-ring (bicyclic) bond motifs is 20. The van der Waals surface area contributed by atoms with Gasteiger partial charge in [0.15, 0.2) is 0 Å². The summed E-state index contributed by atoms with van der Waals surface area (Å²) < 4.78 is 8.25. The van der Waals surface area contributed by atoms with Gasteiger partial charge >= 0.3 is 23.7 Å². The third-order valence-corrected chi connectivity index (χ3v) is 11.2. The van der Waals surface area contributed by atoms with E-state index in [1.807, 2.05) is 0 Å². The molecular weight excluding hydrogens is 752 g/mol. The van der Waals surface area contributed by atoms with E-state index in [-0.39, 0.29) is 21.7 Å². The van der Waals surface area contributed by atoms with Crippen molar-refractivity contribution in [3.05, 3.63) is 95.1 Å². The molecule has 0 saturated carbocycles. The second-order valence-corrected chi connectivity index (χ2v) is 19.5. The summed E-state index contributed by atoms with van der Waals surface area (Å²) in [7, 11) is 0. The van der Waals surface area contributed by atoms with Gasteiger partial charge in [0, 0.05) is 44.8 Å². The molecule has 3 aromatic heterocycles. The minimum absolute atomic E-state index is 0.0826. The number of hydrogen-bond donors (Lipinski definition) is 0. The Kier molecular flexibility index (Phi) is 9.33. The summed E-state index contributed by atoms with van der Waals surface area (Å²) in [5.74, 6) is 2.24. The molecule has 290 valence electrons. The van der Waals surface area contributed by atoms with Crippen LogP contribution in [-0.2, 0) is 45.4 Å². The molecule has 0 unspecified atom stereocenters. The van der Waals surface area contributed by atoms with Crippen molar-refractivity contribution in [1.82, 2.24) is 39.9 Å². The molecular formula is C48H48N8OTi. The molecule has 8 bridgehead atoms. The molecule has 9 rings (SSSR count). The Hall–Kier alpha value is -5.25. The zero-order chi connectivity index (χ0) is 41.7. The van der Waals surface area contributed by atoms with Crippen LogP contribution >= 0.6 is 0 Å². The standard InChI is InChI=1S/C48H48N8.O.Ti/c1-45(2,3)25-13-17-29-33(21-25)41-49-37(29)54-42-35-23-27(47(7,8)9)15-19-31(35)39(51-42)56-44-36-24-28(48(10,11)12)16-20-32(36)40(52-44)55-43-34-22-26(46(4,5)6)14-18-30(34)38(50-43)53-41;;/h13-24H,1-12H3;;/q-2;;+2. The third kappa shape index (κ3) is 6.92.